The van der Waals surface area contributed by atoms with Crippen molar-refractivity contribution in [3.05, 3.63) is 33.9 Å². The molecule has 0 fully saturated rings. The van der Waals surface area contributed by atoms with Crippen LogP contribution in [0.15, 0.2) is 23.1 Å². The van der Waals surface area contributed by atoms with Crippen LogP contribution < -0.4 is 0 Å². The standard InChI is InChI=1S/C12H13NO6S/c1-18-11(14)6-8-3-4-10(9(5-8)13(16)17)20-7-12(15)19-2/h3-5H,6-7H2,1-2H3. The number of nitrogens with zero attached hydrogens (tertiary/aromatic N) is 1. The van der Waals surface area contributed by atoms with Gasteiger partial charge >= 0.3 is 11.9 Å². The number of carbonyl (C=O) groups is 2. The van der Waals surface area contributed by atoms with Crippen LogP contribution in [-0.4, -0.2) is 36.8 Å². The summed E-state index contributed by atoms with van der Waals surface area (Å²) in [5.74, 6) is -0.967. The average molecular weight is 299 g/mol. The molecular weight excluding hydrogens is 286 g/mol. The van der Waals surface area contributed by atoms with Gasteiger partial charge < -0.3 is 9.47 Å². The summed E-state index contributed by atoms with van der Waals surface area (Å²) < 4.78 is 8.98. The van der Waals surface area contributed by atoms with E-state index in [1.54, 1.807) is 6.07 Å². The Morgan fingerprint density at radius 2 is 1.90 bits per heavy atom. The third kappa shape index (κ3) is 4.54. The van der Waals surface area contributed by atoms with Crippen LogP contribution in [0.2, 0.25) is 0 Å². The maximum atomic E-state index is 11.1. The largest absolute Gasteiger partial charge is 0.469 e. The summed E-state index contributed by atoms with van der Waals surface area (Å²) in [5.41, 5.74) is 0.325. The third-order valence-corrected chi connectivity index (χ3v) is 3.41. The van der Waals surface area contributed by atoms with E-state index in [2.05, 4.69) is 9.47 Å². The topological polar surface area (TPSA) is 95.7 Å². The zero-order valence-corrected chi connectivity index (χ0v) is 11.8. The number of ether oxygens (including phenoxy) is 2. The van der Waals surface area contributed by atoms with E-state index >= 15 is 0 Å². The van der Waals surface area contributed by atoms with Gasteiger partial charge in [-0.3, -0.25) is 19.7 Å². The van der Waals surface area contributed by atoms with E-state index in [0.717, 1.165) is 11.8 Å². The molecule has 0 unspecified atom stereocenters. The Labute approximate surface area is 119 Å². The van der Waals surface area contributed by atoms with Crippen molar-refractivity contribution in [1.29, 1.82) is 0 Å². The first-order chi connectivity index (χ1) is 9.47. The maximum absolute atomic E-state index is 11.1. The van der Waals surface area contributed by atoms with Crippen LogP contribution in [0.1, 0.15) is 5.56 Å². The minimum absolute atomic E-state index is 0.0202. The lowest BCUT2D eigenvalue weighted by Gasteiger charge is -2.05. The van der Waals surface area contributed by atoms with E-state index in [0.29, 0.717) is 10.5 Å². The van der Waals surface area contributed by atoms with Crippen LogP contribution in [0, 0.1) is 10.1 Å². The van der Waals surface area contributed by atoms with Gasteiger partial charge in [0, 0.05) is 6.07 Å². The Bertz CT molecular complexity index is 531. The van der Waals surface area contributed by atoms with Gasteiger partial charge in [-0.05, 0) is 11.6 Å². The van der Waals surface area contributed by atoms with Gasteiger partial charge in [-0.25, -0.2) is 0 Å². The predicted molar refractivity (Wildman–Crippen MR) is 71.6 cm³/mol. The predicted octanol–water partition coefficient (Wildman–Crippen LogP) is 1.58. The lowest BCUT2D eigenvalue weighted by atomic mass is 10.1. The van der Waals surface area contributed by atoms with Crippen LogP contribution in [0.25, 0.3) is 0 Å². The molecule has 0 saturated heterocycles. The number of nitro groups is 1. The van der Waals surface area contributed by atoms with E-state index in [4.69, 9.17) is 0 Å². The second-order valence-electron chi connectivity index (χ2n) is 3.68. The fraction of sp³-hybridized carbons (Fsp3) is 0.333. The van der Waals surface area contributed by atoms with Crippen molar-refractivity contribution in [1.82, 2.24) is 0 Å². The number of hydrogen-bond donors (Lipinski definition) is 0. The fourth-order valence-corrected chi connectivity index (χ4v) is 2.21. The monoisotopic (exact) mass is 299 g/mol. The molecule has 0 atom stereocenters. The van der Waals surface area contributed by atoms with Crippen LogP contribution in [0.3, 0.4) is 0 Å². The minimum atomic E-state index is -0.555. The fourth-order valence-electron chi connectivity index (χ4n) is 1.37. The molecule has 0 spiro atoms. The molecule has 0 bridgehead atoms. The van der Waals surface area contributed by atoms with Gasteiger partial charge in [0.15, 0.2) is 0 Å². The van der Waals surface area contributed by atoms with E-state index in [9.17, 15) is 19.7 Å². The van der Waals surface area contributed by atoms with Gasteiger partial charge in [-0.15, -0.1) is 11.8 Å². The molecule has 0 aliphatic heterocycles. The van der Waals surface area contributed by atoms with Crippen LogP contribution in [0.5, 0.6) is 0 Å². The van der Waals surface area contributed by atoms with Crippen molar-refractivity contribution < 1.29 is 24.0 Å². The van der Waals surface area contributed by atoms with Crippen molar-refractivity contribution in [2.75, 3.05) is 20.0 Å². The molecule has 1 rings (SSSR count). The zero-order chi connectivity index (χ0) is 15.1. The first-order valence-corrected chi connectivity index (χ1v) is 6.50. The molecule has 1 aromatic rings. The molecule has 1 aromatic carbocycles. The highest BCUT2D eigenvalue weighted by molar-refractivity contribution is 8.00. The first kappa shape index (κ1) is 16.0. The number of rotatable bonds is 6. The summed E-state index contributed by atoms with van der Waals surface area (Å²) in [4.78, 5) is 33.0. The smallest absolute Gasteiger partial charge is 0.315 e. The lowest BCUT2D eigenvalue weighted by Crippen LogP contribution is -2.06. The number of carbonyl (C=O) groups excluding carboxylic acids is 2. The van der Waals surface area contributed by atoms with Gasteiger partial charge in [0.1, 0.15) is 0 Å². The van der Waals surface area contributed by atoms with Gasteiger partial charge in [0.2, 0.25) is 0 Å². The van der Waals surface area contributed by atoms with Crippen molar-refractivity contribution in [2.24, 2.45) is 0 Å². The SMILES string of the molecule is COC(=O)CSc1ccc(CC(=O)OC)cc1[N+](=O)[O-]. The highest BCUT2D eigenvalue weighted by Crippen LogP contribution is 2.30. The van der Waals surface area contributed by atoms with Gasteiger partial charge in [-0.1, -0.05) is 6.07 Å². The number of esters is 2. The molecule has 0 N–H and O–H groups in total. The van der Waals surface area contributed by atoms with Crippen LogP contribution in [0.4, 0.5) is 5.69 Å². The molecule has 0 aliphatic carbocycles. The van der Waals surface area contributed by atoms with Crippen molar-refractivity contribution >= 4 is 29.4 Å². The Morgan fingerprint density at radius 3 is 2.45 bits per heavy atom. The summed E-state index contributed by atoms with van der Waals surface area (Å²) in [6.07, 6.45) is -0.0424. The Kier molecular flexibility index (Phi) is 5.98. The van der Waals surface area contributed by atoms with E-state index in [1.165, 1.54) is 26.4 Å². The Hall–Kier alpha value is -2.09. The van der Waals surface area contributed by atoms with Gasteiger partial charge in [0.25, 0.3) is 5.69 Å². The zero-order valence-electron chi connectivity index (χ0n) is 11.0. The number of methoxy groups -OCH3 is 2. The summed E-state index contributed by atoms with van der Waals surface area (Å²) >= 11 is 1.01. The number of benzene rings is 1. The maximum Gasteiger partial charge on any atom is 0.315 e. The molecule has 0 heterocycles. The molecule has 20 heavy (non-hydrogen) atoms. The molecule has 7 nitrogen and oxygen atoms in total. The molecular formula is C12H13NO6S. The third-order valence-electron chi connectivity index (χ3n) is 2.37. The molecule has 0 radical (unpaired) electrons. The normalized spacial score (nSPS) is 9.90. The summed E-state index contributed by atoms with van der Waals surface area (Å²) in [7, 11) is 2.49. The van der Waals surface area contributed by atoms with Crippen LogP contribution in [-0.2, 0) is 25.5 Å². The van der Waals surface area contributed by atoms with E-state index < -0.39 is 16.9 Å². The van der Waals surface area contributed by atoms with Gasteiger partial charge in [-0.2, -0.15) is 0 Å². The Morgan fingerprint density at radius 1 is 1.25 bits per heavy atom. The quantitative estimate of drug-likeness (QED) is 0.340. The first-order valence-electron chi connectivity index (χ1n) is 5.51. The molecule has 0 aliphatic rings. The lowest BCUT2D eigenvalue weighted by molar-refractivity contribution is -0.387. The van der Waals surface area contributed by atoms with Gasteiger partial charge in [0.05, 0.1) is 36.2 Å². The molecule has 8 heteroatoms. The molecule has 0 saturated carbocycles. The highest BCUT2D eigenvalue weighted by atomic mass is 32.2. The number of thioether (sulfide) groups is 1. The minimum Gasteiger partial charge on any atom is -0.469 e. The van der Waals surface area contributed by atoms with E-state index in [-0.39, 0.29) is 17.9 Å². The second-order valence-corrected chi connectivity index (χ2v) is 4.69. The molecule has 108 valence electrons. The van der Waals surface area contributed by atoms with Crippen molar-refractivity contribution in [2.45, 2.75) is 11.3 Å². The Balaban J connectivity index is 2.93. The highest BCUT2D eigenvalue weighted by Gasteiger charge is 2.17. The summed E-state index contributed by atoms with van der Waals surface area (Å²) in [5, 5.41) is 11.0. The number of hydrogen-bond acceptors (Lipinski definition) is 7. The molecule has 0 amide bonds. The summed E-state index contributed by atoms with van der Waals surface area (Å²) in [6, 6.07) is 4.39. The second kappa shape index (κ2) is 7.49. The van der Waals surface area contributed by atoms with Crippen molar-refractivity contribution in [3.8, 4) is 0 Å². The van der Waals surface area contributed by atoms with Crippen molar-refractivity contribution in [3.63, 3.8) is 0 Å². The summed E-state index contributed by atoms with van der Waals surface area (Å²) in [6.45, 7) is 0. The molecule has 0 aromatic heterocycles. The number of nitro benzene ring substituents is 1. The van der Waals surface area contributed by atoms with Crippen LogP contribution >= 0.6 is 11.8 Å². The van der Waals surface area contributed by atoms with E-state index in [1.807, 2.05) is 0 Å². The average Bonchev–Trinajstić information content (AvgIpc) is 2.44.